The summed E-state index contributed by atoms with van der Waals surface area (Å²) < 4.78 is 0. The Hall–Kier alpha value is -1.10. The Bertz CT molecular complexity index is 291. The molecule has 0 radical (unpaired) electrons. The molecule has 1 aliphatic heterocycles. The Morgan fingerprint density at radius 1 is 1.41 bits per heavy atom. The van der Waals surface area contributed by atoms with Crippen LogP contribution in [0.25, 0.3) is 0 Å². The van der Waals surface area contributed by atoms with Gasteiger partial charge in [-0.1, -0.05) is 13.8 Å². The van der Waals surface area contributed by atoms with Gasteiger partial charge in [0.25, 0.3) is 0 Å². The third-order valence-electron chi connectivity index (χ3n) is 3.19. The van der Waals surface area contributed by atoms with Crippen molar-refractivity contribution in [2.24, 2.45) is 11.7 Å². The van der Waals surface area contributed by atoms with E-state index >= 15 is 0 Å². The molecule has 5 heteroatoms. The van der Waals surface area contributed by atoms with Crippen molar-refractivity contribution in [2.45, 2.75) is 45.7 Å². The normalized spacial score (nSPS) is 21.7. The smallest absolute Gasteiger partial charge is 0.245 e. The van der Waals surface area contributed by atoms with Crippen LogP contribution in [0.3, 0.4) is 0 Å². The van der Waals surface area contributed by atoms with Crippen LogP contribution in [0.1, 0.15) is 33.6 Å². The standard InChI is InChI=1S/C12H23N3O2/c1-8(2)11(16)14-9(3)12(17)15-6-4-5-10(15)7-13/h8-10H,4-7,13H2,1-3H3,(H,14,16)/t9-,10-/m0/s1. The van der Waals surface area contributed by atoms with E-state index in [4.69, 9.17) is 5.73 Å². The van der Waals surface area contributed by atoms with E-state index in [1.54, 1.807) is 11.8 Å². The van der Waals surface area contributed by atoms with Crippen LogP contribution in [0.15, 0.2) is 0 Å². The number of carbonyl (C=O) groups excluding carboxylic acids is 2. The molecule has 0 aliphatic carbocycles. The van der Waals surface area contributed by atoms with E-state index in [0.717, 1.165) is 19.4 Å². The van der Waals surface area contributed by atoms with Gasteiger partial charge in [0.2, 0.25) is 11.8 Å². The van der Waals surface area contributed by atoms with Crippen molar-refractivity contribution in [2.75, 3.05) is 13.1 Å². The summed E-state index contributed by atoms with van der Waals surface area (Å²) in [6.45, 7) is 6.60. The Morgan fingerprint density at radius 3 is 2.59 bits per heavy atom. The van der Waals surface area contributed by atoms with E-state index in [-0.39, 0.29) is 23.8 Å². The van der Waals surface area contributed by atoms with Gasteiger partial charge in [-0.15, -0.1) is 0 Å². The van der Waals surface area contributed by atoms with Crippen molar-refractivity contribution in [3.05, 3.63) is 0 Å². The van der Waals surface area contributed by atoms with Gasteiger partial charge in [-0.2, -0.15) is 0 Å². The van der Waals surface area contributed by atoms with Crippen molar-refractivity contribution >= 4 is 11.8 Å². The van der Waals surface area contributed by atoms with Crippen molar-refractivity contribution in [1.29, 1.82) is 0 Å². The molecule has 17 heavy (non-hydrogen) atoms. The summed E-state index contributed by atoms with van der Waals surface area (Å²) in [6, 6.07) is -0.321. The summed E-state index contributed by atoms with van der Waals surface area (Å²) >= 11 is 0. The van der Waals surface area contributed by atoms with Crippen LogP contribution >= 0.6 is 0 Å². The maximum absolute atomic E-state index is 12.1. The van der Waals surface area contributed by atoms with E-state index in [2.05, 4.69) is 5.32 Å². The Morgan fingerprint density at radius 2 is 2.06 bits per heavy atom. The summed E-state index contributed by atoms with van der Waals surface area (Å²) in [4.78, 5) is 25.4. The number of nitrogens with two attached hydrogens (primary N) is 1. The highest BCUT2D eigenvalue weighted by molar-refractivity contribution is 5.88. The monoisotopic (exact) mass is 241 g/mol. The maximum Gasteiger partial charge on any atom is 0.245 e. The molecule has 5 nitrogen and oxygen atoms in total. The second-order valence-electron chi connectivity index (χ2n) is 4.95. The van der Waals surface area contributed by atoms with Gasteiger partial charge in [0.05, 0.1) is 0 Å². The summed E-state index contributed by atoms with van der Waals surface area (Å²) in [5.74, 6) is -0.213. The minimum absolute atomic E-state index is 0.0213. The predicted octanol–water partition coefficient (Wildman–Crippen LogP) is 0.0968. The number of carbonyl (C=O) groups is 2. The number of hydrogen-bond donors (Lipinski definition) is 2. The fourth-order valence-electron chi connectivity index (χ4n) is 2.06. The zero-order chi connectivity index (χ0) is 13.0. The van der Waals surface area contributed by atoms with Crippen LogP contribution in [0.4, 0.5) is 0 Å². The zero-order valence-corrected chi connectivity index (χ0v) is 10.9. The first-order valence-electron chi connectivity index (χ1n) is 6.28. The number of nitrogens with one attached hydrogen (secondary N) is 1. The molecule has 0 spiro atoms. The third kappa shape index (κ3) is 3.43. The lowest BCUT2D eigenvalue weighted by molar-refractivity contribution is -0.137. The Labute approximate surface area is 103 Å². The van der Waals surface area contributed by atoms with Crippen molar-refractivity contribution in [1.82, 2.24) is 10.2 Å². The van der Waals surface area contributed by atoms with Crippen molar-refractivity contribution in [3.8, 4) is 0 Å². The first kappa shape index (κ1) is 14.0. The van der Waals surface area contributed by atoms with E-state index < -0.39 is 6.04 Å². The molecule has 0 aromatic rings. The lowest BCUT2D eigenvalue weighted by Crippen LogP contribution is -2.50. The highest BCUT2D eigenvalue weighted by atomic mass is 16.2. The van der Waals surface area contributed by atoms with Crippen LogP contribution in [-0.2, 0) is 9.59 Å². The molecule has 3 N–H and O–H groups in total. The van der Waals surface area contributed by atoms with Crippen LogP contribution in [0.2, 0.25) is 0 Å². The van der Waals surface area contributed by atoms with Gasteiger partial charge >= 0.3 is 0 Å². The predicted molar refractivity (Wildman–Crippen MR) is 66.2 cm³/mol. The molecule has 1 rings (SSSR count). The third-order valence-corrected chi connectivity index (χ3v) is 3.19. The van der Waals surface area contributed by atoms with E-state index in [1.807, 2.05) is 13.8 Å². The number of hydrogen-bond acceptors (Lipinski definition) is 3. The number of rotatable bonds is 4. The van der Waals surface area contributed by atoms with Crippen LogP contribution < -0.4 is 11.1 Å². The van der Waals surface area contributed by atoms with Gasteiger partial charge in [0, 0.05) is 25.0 Å². The van der Waals surface area contributed by atoms with Crippen LogP contribution in [0.5, 0.6) is 0 Å². The van der Waals surface area contributed by atoms with Gasteiger partial charge in [-0.25, -0.2) is 0 Å². The molecule has 0 unspecified atom stereocenters. The summed E-state index contributed by atoms with van der Waals surface area (Å²) in [6.07, 6.45) is 1.96. The first-order chi connectivity index (χ1) is 7.97. The Kier molecular flexibility index (Phi) is 4.93. The molecule has 1 fully saturated rings. The van der Waals surface area contributed by atoms with Gasteiger partial charge in [-0.3, -0.25) is 9.59 Å². The molecule has 0 aromatic carbocycles. The minimum Gasteiger partial charge on any atom is -0.344 e. The molecule has 1 saturated heterocycles. The van der Waals surface area contributed by atoms with Gasteiger partial charge < -0.3 is 16.0 Å². The molecule has 2 atom stereocenters. The lowest BCUT2D eigenvalue weighted by Gasteiger charge is -2.27. The van der Waals surface area contributed by atoms with Gasteiger partial charge in [0.15, 0.2) is 0 Å². The molecular formula is C12H23N3O2. The average molecular weight is 241 g/mol. The van der Waals surface area contributed by atoms with Crippen LogP contribution in [0, 0.1) is 5.92 Å². The van der Waals surface area contributed by atoms with E-state index in [9.17, 15) is 9.59 Å². The summed E-state index contributed by atoms with van der Waals surface area (Å²) in [5.41, 5.74) is 5.63. The molecule has 0 aromatic heterocycles. The Balaban J connectivity index is 2.54. The minimum atomic E-state index is -0.461. The quantitative estimate of drug-likeness (QED) is 0.733. The van der Waals surface area contributed by atoms with E-state index in [0.29, 0.717) is 6.54 Å². The fourth-order valence-corrected chi connectivity index (χ4v) is 2.06. The SMILES string of the molecule is CC(C)C(=O)N[C@@H](C)C(=O)N1CCC[C@H]1CN. The fraction of sp³-hybridized carbons (Fsp3) is 0.833. The first-order valence-corrected chi connectivity index (χ1v) is 6.28. The number of nitrogens with zero attached hydrogens (tertiary/aromatic N) is 1. The van der Waals surface area contributed by atoms with Crippen molar-refractivity contribution < 1.29 is 9.59 Å². The molecule has 0 saturated carbocycles. The average Bonchev–Trinajstić information content (AvgIpc) is 2.75. The van der Waals surface area contributed by atoms with E-state index in [1.165, 1.54) is 0 Å². The number of amides is 2. The lowest BCUT2D eigenvalue weighted by atomic mass is 10.1. The topological polar surface area (TPSA) is 75.4 Å². The molecule has 1 aliphatic rings. The van der Waals surface area contributed by atoms with Gasteiger partial charge in [0.1, 0.15) is 6.04 Å². The second-order valence-corrected chi connectivity index (χ2v) is 4.95. The highest BCUT2D eigenvalue weighted by Crippen LogP contribution is 2.17. The highest BCUT2D eigenvalue weighted by Gasteiger charge is 2.31. The number of likely N-dealkylation sites (tertiary alicyclic amines) is 1. The largest absolute Gasteiger partial charge is 0.344 e. The zero-order valence-electron chi connectivity index (χ0n) is 10.9. The second kappa shape index (κ2) is 6.00. The van der Waals surface area contributed by atoms with Crippen LogP contribution in [-0.4, -0.2) is 41.9 Å². The molecule has 2 amide bonds. The molecule has 0 bridgehead atoms. The summed E-state index contributed by atoms with van der Waals surface area (Å²) in [5, 5.41) is 2.73. The molecule has 98 valence electrons. The molecule has 1 heterocycles. The van der Waals surface area contributed by atoms with Crippen molar-refractivity contribution in [3.63, 3.8) is 0 Å². The summed E-state index contributed by atoms with van der Waals surface area (Å²) in [7, 11) is 0. The molecular weight excluding hydrogens is 218 g/mol. The van der Waals surface area contributed by atoms with Gasteiger partial charge in [-0.05, 0) is 19.8 Å². The maximum atomic E-state index is 12.1.